The van der Waals surface area contributed by atoms with Crippen molar-refractivity contribution in [3.05, 3.63) is 20.9 Å². The highest BCUT2D eigenvalue weighted by molar-refractivity contribution is 6.00. The van der Waals surface area contributed by atoms with Crippen LogP contribution in [-0.4, -0.2) is 11.8 Å². The Balaban J connectivity index is 1.52. The molecule has 0 unspecified atom stereocenters. The molecule has 8 nitrogen and oxygen atoms in total. The van der Waals surface area contributed by atoms with E-state index in [9.17, 15) is 9.59 Å². The van der Waals surface area contributed by atoms with Crippen molar-refractivity contribution in [2.24, 2.45) is 56.6 Å². The Labute approximate surface area is 99.6 Å². The molecule has 0 radical (unpaired) electrons. The molecule has 18 heavy (non-hydrogen) atoms. The topological polar surface area (TPSA) is 132 Å². The largest absolute Gasteiger partial charge is 0.292 e. The molecule has 0 aromatic rings. The average molecular weight is 242 g/mol. The summed E-state index contributed by atoms with van der Waals surface area (Å²) in [7, 11) is 0. The third-order valence-electron chi connectivity index (χ3n) is 6.64. The van der Waals surface area contributed by atoms with Gasteiger partial charge in [0.25, 0.3) is 0 Å². The molecule has 0 aliphatic heterocycles. The van der Waals surface area contributed by atoms with Crippen LogP contribution in [0.4, 0.5) is 0 Å². The Kier molecular flexibility index (Phi) is 1.01. The normalized spacial score (nSPS) is 61.1. The summed E-state index contributed by atoms with van der Waals surface area (Å²) >= 11 is 0. The van der Waals surface area contributed by atoms with Gasteiger partial charge < -0.3 is 0 Å². The van der Waals surface area contributed by atoms with Crippen molar-refractivity contribution in [1.82, 2.24) is 0 Å². The van der Waals surface area contributed by atoms with Gasteiger partial charge in [-0.2, -0.15) is 0 Å². The van der Waals surface area contributed by atoms with Crippen LogP contribution in [0.5, 0.6) is 0 Å². The van der Waals surface area contributed by atoms with Crippen molar-refractivity contribution in [3.63, 3.8) is 0 Å². The molecule has 6 rings (SSSR count). The van der Waals surface area contributed by atoms with Crippen LogP contribution in [0.3, 0.4) is 0 Å². The Morgan fingerprint density at radius 2 is 1.06 bits per heavy atom. The number of azide groups is 2. The first-order valence-corrected chi connectivity index (χ1v) is 5.89. The van der Waals surface area contributed by atoms with Gasteiger partial charge in [-0.1, -0.05) is 0 Å². The van der Waals surface area contributed by atoms with E-state index in [-0.39, 0.29) is 47.3 Å². The first kappa shape index (κ1) is 8.97. The summed E-state index contributed by atoms with van der Waals surface area (Å²) in [4.78, 5) is 28.8. The van der Waals surface area contributed by atoms with Crippen LogP contribution in [0.1, 0.15) is 0 Å². The highest BCUT2D eigenvalue weighted by Gasteiger charge is 3.12. The molecule has 6 fully saturated rings. The Morgan fingerprint density at radius 3 is 1.28 bits per heavy atom. The maximum atomic E-state index is 11.8. The van der Waals surface area contributed by atoms with Gasteiger partial charge in [-0.25, -0.2) is 0 Å². The zero-order valence-corrected chi connectivity index (χ0v) is 8.96. The van der Waals surface area contributed by atoms with E-state index >= 15 is 0 Å². The molecule has 2 amide bonds. The Morgan fingerprint density at radius 1 is 0.778 bits per heavy atom. The minimum absolute atomic E-state index is 0.216. The van der Waals surface area contributed by atoms with Crippen LogP contribution in [0.15, 0.2) is 10.2 Å². The summed E-state index contributed by atoms with van der Waals surface area (Å²) in [5.74, 6) is 0.627. The highest BCUT2D eigenvalue weighted by atomic mass is 16.2. The quantitative estimate of drug-likeness (QED) is 0.411. The second kappa shape index (κ2) is 2.02. The van der Waals surface area contributed by atoms with Crippen LogP contribution >= 0.6 is 0 Å². The highest BCUT2D eigenvalue weighted by Crippen LogP contribution is 3.10. The zero-order valence-electron chi connectivity index (χ0n) is 8.96. The van der Waals surface area contributed by atoms with Gasteiger partial charge in [-0.05, 0) is 56.8 Å². The van der Waals surface area contributed by atoms with Crippen LogP contribution in [0.25, 0.3) is 20.9 Å². The number of nitrogens with zero attached hydrogens (tertiary/aromatic N) is 6. The van der Waals surface area contributed by atoms with Crippen LogP contribution < -0.4 is 0 Å². The fourth-order valence-electron chi connectivity index (χ4n) is 6.64. The van der Waals surface area contributed by atoms with Crippen molar-refractivity contribution in [2.75, 3.05) is 0 Å². The summed E-state index contributed by atoms with van der Waals surface area (Å²) in [5.41, 5.74) is 15.9. The van der Waals surface area contributed by atoms with Crippen molar-refractivity contribution >= 4 is 11.8 Å². The summed E-state index contributed by atoms with van der Waals surface area (Å²) in [6, 6.07) is 0. The van der Waals surface area contributed by atoms with Crippen LogP contribution in [0, 0.1) is 46.3 Å². The average Bonchev–Trinajstić information content (AvgIpc) is 2.38. The molecule has 0 atom stereocenters. The minimum Gasteiger partial charge on any atom is -0.292 e. The lowest BCUT2D eigenvalue weighted by atomic mass is 8.92. The molecule has 0 saturated heterocycles. The maximum absolute atomic E-state index is 11.8. The molecule has 6 saturated carbocycles. The molecule has 0 aromatic carbocycles. The smallest absolute Gasteiger partial charge is 0.225 e. The maximum Gasteiger partial charge on any atom is 0.225 e. The van der Waals surface area contributed by atoms with E-state index < -0.39 is 10.8 Å². The first-order valence-electron chi connectivity index (χ1n) is 5.89. The van der Waals surface area contributed by atoms with E-state index in [1.54, 1.807) is 0 Å². The fraction of sp³-hybridized carbons (Fsp3) is 0.800. The second-order valence-electron chi connectivity index (χ2n) is 6.01. The lowest BCUT2D eigenvalue weighted by molar-refractivity contribution is -0.623. The second-order valence-corrected chi connectivity index (χ2v) is 6.01. The number of hydrogen-bond acceptors (Lipinski definition) is 2. The molecule has 6 aliphatic rings. The SMILES string of the molecule is [N-]=[N+]=NC(=O)C12C3C4C1C1C2C3C41C(=O)N=[N+]=[N-]. The standard InChI is InChI=1S/C10H6N6O2/c11-15-13-7(17)9-1-2-4(9)6-5(9)3(1)10(2,6)8(18)14-16-12/h1-6H. The summed E-state index contributed by atoms with van der Waals surface area (Å²) in [5, 5.41) is 6.49. The number of hydrogen-bond donors (Lipinski definition) is 0. The summed E-state index contributed by atoms with van der Waals surface area (Å²) in [6.07, 6.45) is 0. The number of carbonyl (C=O) groups excluding carboxylic acids is 2. The predicted octanol–water partition coefficient (Wildman–Crippen LogP) is 1.40. The van der Waals surface area contributed by atoms with E-state index in [4.69, 9.17) is 11.1 Å². The molecular formula is C10H6N6O2. The van der Waals surface area contributed by atoms with E-state index in [0.717, 1.165) is 0 Å². The van der Waals surface area contributed by atoms with E-state index in [2.05, 4.69) is 20.1 Å². The van der Waals surface area contributed by atoms with Crippen molar-refractivity contribution in [1.29, 1.82) is 0 Å². The molecule has 0 aromatic heterocycles. The lowest BCUT2D eigenvalue weighted by Gasteiger charge is -3.09. The number of amides is 2. The molecule has 8 heteroatoms. The molecule has 0 bridgehead atoms. The van der Waals surface area contributed by atoms with Crippen LogP contribution in [-0.2, 0) is 9.59 Å². The van der Waals surface area contributed by atoms with Crippen LogP contribution in [0.2, 0.25) is 0 Å². The van der Waals surface area contributed by atoms with E-state index in [0.29, 0.717) is 0 Å². The first-order chi connectivity index (χ1) is 8.69. The van der Waals surface area contributed by atoms with Crippen molar-refractivity contribution in [3.8, 4) is 0 Å². The van der Waals surface area contributed by atoms with Gasteiger partial charge in [-0.15, -0.1) is 0 Å². The molecule has 0 spiro atoms. The van der Waals surface area contributed by atoms with E-state index in [1.165, 1.54) is 0 Å². The van der Waals surface area contributed by atoms with Gasteiger partial charge in [0.15, 0.2) is 0 Å². The van der Waals surface area contributed by atoms with Gasteiger partial charge in [0.05, 0.1) is 0 Å². The van der Waals surface area contributed by atoms with Crippen molar-refractivity contribution in [2.45, 2.75) is 0 Å². The zero-order chi connectivity index (χ0) is 12.4. The summed E-state index contributed by atoms with van der Waals surface area (Å²) in [6.45, 7) is 0. The Hall–Kier alpha value is -2.04. The monoisotopic (exact) mass is 242 g/mol. The Bertz CT molecular complexity index is 558. The third kappa shape index (κ3) is 0.406. The molecule has 0 heterocycles. The molecule has 88 valence electrons. The number of rotatable bonds is 2. The van der Waals surface area contributed by atoms with Gasteiger partial charge in [0, 0.05) is 20.7 Å². The number of carbonyl (C=O) groups is 2. The molecule has 0 N–H and O–H groups in total. The van der Waals surface area contributed by atoms with E-state index in [1.807, 2.05) is 0 Å². The third-order valence-corrected chi connectivity index (χ3v) is 6.64. The van der Waals surface area contributed by atoms with Gasteiger partial charge in [0.2, 0.25) is 11.8 Å². The van der Waals surface area contributed by atoms with Gasteiger partial charge in [-0.3, -0.25) is 9.59 Å². The summed E-state index contributed by atoms with van der Waals surface area (Å²) < 4.78 is 0. The fourth-order valence-corrected chi connectivity index (χ4v) is 6.64. The van der Waals surface area contributed by atoms with Crippen molar-refractivity contribution < 1.29 is 9.59 Å². The van der Waals surface area contributed by atoms with Gasteiger partial charge in [0.1, 0.15) is 0 Å². The predicted molar refractivity (Wildman–Crippen MR) is 54.1 cm³/mol. The minimum atomic E-state index is -0.412. The lowest BCUT2D eigenvalue weighted by Crippen LogP contribution is -3.11. The van der Waals surface area contributed by atoms with Gasteiger partial charge >= 0.3 is 0 Å². The molecule has 6 aliphatic carbocycles. The molecular weight excluding hydrogens is 236 g/mol.